The number of rotatable bonds is 1. The van der Waals surface area contributed by atoms with Crippen molar-refractivity contribution in [1.29, 1.82) is 0 Å². The first-order valence-electron chi connectivity index (χ1n) is 2.76. The summed E-state index contributed by atoms with van der Waals surface area (Å²) in [6.45, 7) is 3.58. The summed E-state index contributed by atoms with van der Waals surface area (Å²) in [4.78, 5) is 11.9. The molecule has 0 aliphatic heterocycles. The first-order chi connectivity index (χ1) is 4.20. The molecule has 9 heavy (non-hydrogen) atoms. The van der Waals surface area contributed by atoms with E-state index in [2.05, 4.69) is 0 Å². The highest BCUT2D eigenvalue weighted by Gasteiger charge is 1.98. The van der Waals surface area contributed by atoms with Gasteiger partial charge in [-0.15, -0.1) is 11.3 Å². The Morgan fingerprint density at radius 3 is 2.56 bits per heavy atom. The van der Waals surface area contributed by atoms with Crippen molar-refractivity contribution in [3.8, 4) is 0 Å². The molecule has 0 aliphatic rings. The van der Waals surface area contributed by atoms with Gasteiger partial charge in [-0.25, -0.2) is 0 Å². The summed E-state index contributed by atoms with van der Waals surface area (Å²) < 4.78 is 0. The van der Waals surface area contributed by atoms with Gasteiger partial charge in [0.1, 0.15) is 0 Å². The zero-order valence-corrected chi connectivity index (χ0v) is 6.29. The Morgan fingerprint density at radius 2 is 2.33 bits per heavy atom. The Bertz CT molecular complexity index is 225. The lowest BCUT2D eigenvalue weighted by atomic mass is 10.2. The van der Waals surface area contributed by atoms with Crippen molar-refractivity contribution in [2.24, 2.45) is 0 Å². The van der Waals surface area contributed by atoms with E-state index >= 15 is 0 Å². The fraction of sp³-hybridized carbons (Fsp3) is 0.286. The van der Waals surface area contributed by atoms with Crippen molar-refractivity contribution in [2.75, 3.05) is 0 Å². The van der Waals surface area contributed by atoms with Gasteiger partial charge in [0.25, 0.3) is 0 Å². The second kappa shape index (κ2) is 2.31. The second-order valence-electron chi connectivity index (χ2n) is 2.00. The fourth-order valence-electron chi connectivity index (χ4n) is 0.628. The molecule has 1 aromatic heterocycles. The maximum absolute atomic E-state index is 10.7. The Balaban J connectivity index is 2.98. The van der Waals surface area contributed by atoms with E-state index in [1.54, 1.807) is 18.3 Å². The average molecular weight is 140 g/mol. The highest BCUT2D eigenvalue weighted by molar-refractivity contribution is 7.10. The molecule has 0 aromatic carbocycles. The summed E-state index contributed by atoms with van der Waals surface area (Å²) in [5.41, 5.74) is 0.831. The zero-order valence-electron chi connectivity index (χ0n) is 5.47. The number of aryl methyl sites for hydroxylation is 1. The lowest BCUT2D eigenvalue weighted by molar-refractivity contribution is 0.101. The van der Waals surface area contributed by atoms with Crippen molar-refractivity contribution < 1.29 is 4.79 Å². The lowest BCUT2D eigenvalue weighted by Gasteiger charge is -1.81. The van der Waals surface area contributed by atoms with Crippen LogP contribution in [0.15, 0.2) is 11.4 Å². The Kier molecular flexibility index (Phi) is 1.67. The molecule has 0 unspecified atom stereocenters. The molecule has 0 radical (unpaired) electrons. The van der Waals surface area contributed by atoms with Crippen molar-refractivity contribution in [1.82, 2.24) is 0 Å². The minimum Gasteiger partial charge on any atom is -0.294 e. The molecule has 0 saturated heterocycles. The Labute approximate surface area is 58.3 Å². The number of Topliss-reactive ketones (excluding diaryl/α,β-unsaturated/α-hetero) is 1. The second-order valence-corrected chi connectivity index (χ2v) is 3.12. The van der Waals surface area contributed by atoms with E-state index in [9.17, 15) is 4.79 Å². The Morgan fingerprint density at radius 1 is 1.67 bits per heavy atom. The van der Waals surface area contributed by atoms with Crippen LogP contribution in [0.5, 0.6) is 0 Å². The smallest absolute Gasteiger partial charge is 0.160 e. The number of hydrogen-bond acceptors (Lipinski definition) is 2. The van der Waals surface area contributed by atoms with Crippen molar-refractivity contribution >= 4 is 17.1 Å². The maximum Gasteiger partial charge on any atom is 0.160 e. The molecule has 1 rings (SSSR count). The molecule has 0 amide bonds. The van der Waals surface area contributed by atoms with Crippen LogP contribution in [0.3, 0.4) is 0 Å². The summed E-state index contributed by atoms with van der Waals surface area (Å²) in [5, 5.41) is 1.89. The third-order valence-corrected chi connectivity index (χ3v) is 2.00. The van der Waals surface area contributed by atoms with Crippen LogP contribution in [0.1, 0.15) is 22.2 Å². The number of hydrogen-bond donors (Lipinski definition) is 0. The molecule has 0 spiro atoms. The predicted octanol–water partition coefficient (Wildman–Crippen LogP) is 2.26. The van der Waals surface area contributed by atoms with Crippen LogP contribution in [-0.2, 0) is 0 Å². The highest BCUT2D eigenvalue weighted by atomic mass is 32.1. The number of thiophene rings is 1. The summed E-state index contributed by atoms with van der Waals surface area (Å²) in [7, 11) is 0. The molecule has 2 heteroatoms. The van der Waals surface area contributed by atoms with E-state index in [4.69, 9.17) is 0 Å². The standard InChI is InChI=1S/C7H8OS/c1-5-3-7(4-9-5)6(2)8/h3-4H,1-2H3. The van der Waals surface area contributed by atoms with Gasteiger partial charge in [-0.1, -0.05) is 0 Å². The van der Waals surface area contributed by atoms with E-state index in [1.165, 1.54) is 4.88 Å². The van der Waals surface area contributed by atoms with E-state index < -0.39 is 0 Å². The topological polar surface area (TPSA) is 17.1 Å². The molecule has 1 heterocycles. The minimum atomic E-state index is 0.152. The maximum atomic E-state index is 10.7. The van der Waals surface area contributed by atoms with Crippen LogP contribution < -0.4 is 0 Å². The van der Waals surface area contributed by atoms with Crippen LogP contribution in [0.25, 0.3) is 0 Å². The largest absolute Gasteiger partial charge is 0.294 e. The van der Waals surface area contributed by atoms with E-state index in [-0.39, 0.29) is 5.78 Å². The lowest BCUT2D eigenvalue weighted by Crippen LogP contribution is -1.85. The van der Waals surface area contributed by atoms with Crippen LogP contribution in [0, 0.1) is 6.92 Å². The van der Waals surface area contributed by atoms with Crippen LogP contribution in [0.2, 0.25) is 0 Å². The summed E-state index contributed by atoms with van der Waals surface area (Å²) in [5.74, 6) is 0.152. The minimum absolute atomic E-state index is 0.152. The van der Waals surface area contributed by atoms with Crippen molar-refractivity contribution in [3.63, 3.8) is 0 Å². The number of carbonyl (C=O) groups is 1. The fourth-order valence-corrected chi connectivity index (χ4v) is 1.37. The molecule has 0 N–H and O–H groups in total. The summed E-state index contributed by atoms with van der Waals surface area (Å²) in [6, 6.07) is 1.91. The van der Waals surface area contributed by atoms with Gasteiger partial charge in [0.15, 0.2) is 5.78 Å². The van der Waals surface area contributed by atoms with Gasteiger partial charge in [-0.2, -0.15) is 0 Å². The molecule has 0 aliphatic carbocycles. The van der Waals surface area contributed by atoms with Crippen LogP contribution >= 0.6 is 11.3 Å². The van der Waals surface area contributed by atoms with E-state index in [1.807, 2.05) is 18.4 Å². The van der Waals surface area contributed by atoms with Gasteiger partial charge in [0, 0.05) is 15.8 Å². The first kappa shape index (κ1) is 6.49. The van der Waals surface area contributed by atoms with Gasteiger partial charge in [-0.05, 0) is 19.9 Å². The van der Waals surface area contributed by atoms with Gasteiger partial charge >= 0.3 is 0 Å². The van der Waals surface area contributed by atoms with Crippen LogP contribution in [-0.4, -0.2) is 5.78 Å². The number of ketones is 1. The highest BCUT2D eigenvalue weighted by Crippen LogP contribution is 2.12. The van der Waals surface area contributed by atoms with Crippen molar-refractivity contribution in [3.05, 3.63) is 21.9 Å². The monoisotopic (exact) mass is 140 g/mol. The van der Waals surface area contributed by atoms with Gasteiger partial charge in [-0.3, -0.25) is 4.79 Å². The first-order valence-corrected chi connectivity index (χ1v) is 3.64. The quantitative estimate of drug-likeness (QED) is 0.547. The third kappa shape index (κ3) is 1.39. The molecule has 1 nitrogen and oxygen atoms in total. The predicted molar refractivity (Wildman–Crippen MR) is 39.1 cm³/mol. The van der Waals surface area contributed by atoms with Gasteiger partial charge in [0.05, 0.1) is 0 Å². The average Bonchev–Trinajstić information content (AvgIpc) is 2.14. The normalized spacial score (nSPS) is 9.56. The van der Waals surface area contributed by atoms with Gasteiger partial charge < -0.3 is 0 Å². The third-order valence-electron chi connectivity index (χ3n) is 1.14. The number of carbonyl (C=O) groups excluding carboxylic acids is 1. The molecule has 0 fully saturated rings. The van der Waals surface area contributed by atoms with E-state index in [0.717, 1.165) is 5.56 Å². The molecule has 1 aromatic rings. The molecular formula is C7H8OS. The summed E-state index contributed by atoms with van der Waals surface area (Å²) >= 11 is 1.61. The molecule has 0 bridgehead atoms. The van der Waals surface area contributed by atoms with Crippen molar-refractivity contribution in [2.45, 2.75) is 13.8 Å². The van der Waals surface area contributed by atoms with E-state index in [0.29, 0.717) is 0 Å². The molecular weight excluding hydrogens is 132 g/mol. The van der Waals surface area contributed by atoms with Gasteiger partial charge in [0.2, 0.25) is 0 Å². The Hall–Kier alpha value is -0.630. The zero-order chi connectivity index (χ0) is 6.85. The van der Waals surface area contributed by atoms with Crippen LogP contribution in [0.4, 0.5) is 0 Å². The molecule has 0 atom stereocenters. The molecule has 0 saturated carbocycles. The SMILES string of the molecule is CC(=O)c1csc(C)c1. The molecule has 48 valence electrons. The summed E-state index contributed by atoms with van der Waals surface area (Å²) in [6.07, 6.45) is 0.